The van der Waals surface area contributed by atoms with Gasteiger partial charge >= 0.3 is 0 Å². The Bertz CT molecular complexity index is 1990. The molecule has 290 valence electrons. The zero-order chi connectivity index (χ0) is 39.2. The first-order valence-corrected chi connectivity index (χ1v) is 19.4. The topological polar surface area (TPSA) is 106 Å². The Labute approximate surface area is 325 Å². The molecule has 0 radical (unpaired) electrons. The van der Waals surface area contributed by atoms with E-state index < -0.39 is 17.1 Å². The van der Waals surface area contributed by atoms with Gasteiger partial charge in [0.2, 0.25) is 5.91 Å². The third-order valence-electron chi connectivity index (χ3n) is 12.1. The van der Waals surface area contributed by atoms with E-state index >= 15 is 0 Å². The second-order valence-corrected chi connectivity index (χ2v) is 15.6. The molecule has 3 aliphatic carbocycles. The van der Waals surface area contributed by atoms with E-state index in [1.807, 2.05) is 60.7 Å². The highest BCUT2D eigenvalue weighted by atomic mass is 16.5. The lowest BCUT2D eigenvalue weighted by molar-refractivity contribution is -0.140. The number of hydrogen-bond donors (Lipinski definition) is 2. The van der Waals surface area contributed by atoms with Gasteiger partial charge in [0.15, 0.2) is 17.3 Å². The van der Waals surface area contributed by atoms with Crippen LogP contribution in [0, 0.1) is 5.41 Å². The van der Waals surface area contributed by atoms with Gasteiger partial charge in [0.05, 0.1) is 46.0 Å². The summed E-state index contributed by atoms with van der Waals surface area (Å²) >= 11 is 0. The summed E-state index contributed by atoms with van der Waals surface area (Å²) < 4.78 is 16.3. The van der Waals surface area contributed by atoms with Crippen molar-refractivity contribution < 1.29 is 34.0 Å². The Morgan fingerprint density at radius 3 is 2.29 bits per heavy atom. The molecule has 0 heterocycles. The zero-order valence-electron chi connectivity index (χ0n) is 32.8. The molecule has 4 aromatic rings. The van der Waals surface area contributed by atoms with Crippen LogP contribution in [0.3, 0.4) is 0 Å². The van der Waals surface area contributed by atoms with Gasteiger partial charge in [-0.2, -0.15) is 0 Å². The lowest BCUT2D eigenvalue weighted by atomic mass is 9.64. The molecule has 2 bridgehead atoms. The lowest BCUT2D eigenvalue weighted by Crippen LogP contribution is -2.53. The summed E-state index contributed by atoms with van der Waals surface area (Å²) in [6.45, 7) is 4.73. The van der Waals surface area contributed by atoms with Gasteiger partial charge in [-0.05, 0) is 123 Å². The van der Waals surface area contributed by atoms with E-state index in [0.717, 1.165) is 35.1 Å². The van der Waals surface area contributed by atoms with E-state index in [-0.39, 0.29) is 30.6 Å². The Hall–Kier alpha value is -4.92. The molecule has 1 saturated carbocycles. The van der Waals surface area contributed by atoms with Crippen molar-refractivity contribution in [1.29, 1.82) is 0 Å². The first-order chi connectivity index (χ1) is 26.5. The SMILES string of the molecule is COc1ccc(C(=O)c2cc3ccc2[C@@H]2CC[C@@](O)(CN(Cc4ccccc4)C(=O)Cc4ccc(OC)c(OC)c4)[C@@]2(C)CCC=C(C)CC[C@H](O)C3)cc1. The number of ketones is 1. The van der Waals surface area contributed by atoms with Crippen LogP contribution < -0.4 is 14.2 Å². The third kappa shape index (κ3) is 8.82. The van der Waals surface area contributed by atoms with Crippen molar-refractivity contribution in [1.82, 2.24) is 4.90 Å². The molecule has 0 aromatic heterocycles. The number of allylic oxidation sites excluding steroid dienone is 2. The number of nitrogens with zero attached hydrogens (tertiary/aromatic N) is 1. The Morgan fingerprint density at radius 1 is 0.836 bits per heavy atom. The molecular weight excluding hydrogens is 691 g/mol. The van der Waals surface area contributed by atoms with Crippen molar-refractivity contribution >= 4 is 11.7 Å². The monoisotopic (exact) mass is 745 g/mol. The van der Waals surface area contributed by atoms with Crippen molar-refractivity contribution in [3.8, 4) is 17.2 Å². The summed E-state index contributed by atoms with van der Waals surface area (Å²) in [5, 5.41) is 24.1. The highest BCUT2D eigenvalue weighted by molar-refractivity contribution is 6.10. The minimum absolute atomic E-state index is 0.105. The van der Waals surface area contributed by atoms with Crippen molar-refractivity contribution in [3.05, 3.63) is 136 Å². The fraction of sp³-hybridized carbons (Fsp3) is 0.404. The summed E-state index contributed by atoms with van der Waals surface area (Å²) in [4.78, 5) is 30.7. The molecule has 0 unspecified atom stereocenters. The van der Waals surface area contributed by atoms with E-state index in [1.165, 1.54) is 5.57 Å². The number of benzene rings is 4. The molecule has 8 nitrogen and oxygen atoms in total. The molecule has 4 atom stereocenters. The summed E-state index contributed by atoms with van der Waals surface area (Å²) in [6, 6.07) is 28.6. The Kier molecular flexibility index (Phi) is 12.5. The number of carbonyl (C=O) groups excluding carboxylic acids is 2. The second kappa shape index (κ2) is 17.3. The third-order valence-corrected chi connectivity index (χ3v) is 12.1. The lowest BCUT2D eigenvalue weighted by Gasteiger charge is -2.46. The molecule has 55 heavy (non-hydrogen) atoms. The fourth-order valence-corrected chi connectivity index (χ4v) is 8.72. The standard InChI is InChI=1S/C47H55NO7/c1-32-10-9-24-46(2)41(39-21-14-34(26-37(49)18-13-32)27-40(39)45(51)36-16-19-38(53-3)20-17-36)23-25-47(46,52)31-48(30-33-11-7-6-8-12-33)44(50)29-35-15-22-42(54-4)43(28-35)55-5/h6-8,10-12,14-17,19-22,27-28,37,41,49,52H,9,13,18,23-26,29-31H2,1-5H3/t37-,41-,46-,47+/m0/s1. The van der Waals surface area contributed by atoms with E-state index in [1.54, 1.807) is 56.6 Å². The average molecular weight is 746 g/mol. The summed E-state index contributed by atoms with van der Waals surface area (Å²) in [6.07, 6.45) is 6.11. The molecule has 0 spiro atoms. The van der Waals surface area contributed by atoms with Crippen LogP contribution in [0.5, 0.6) is 17.2 Å². The first kappa shape index (κ1) is 39.8. The largest absolute Gasteiger partial charge is 0.497 e. The van der Waals surface area contributed by atoms with Crippen LogP contribution in [0.2, 0.25) is 0 Å². The number of fused-ring (bicyclic) bond motifs is 8. The Balaban J connectivity index is 1.41. The van der Waals surface area contributed by atoms with E-state index in [4.69, 9.17) is 14.2 Å². The van der Waals surface area contributed by atoms with Crippen LogP contribution in [-0.2, 0) is 24.2 Å². The van der Waals surface area contributed by atoms with Crippen molar-refractivity contribution in [2.75, 3.05) is 27.9 Å². The predicted octanol–water partition coefficient (Wildman–Crippen LogP) is 8.25. The van der Waals surface area contributed by atoms with Crippen LogP contribution in [0.1, 0.15) is 96.5 Å². The minimum atomic E-state index is -1.27. The zero-order valence-corrected chi connectivity index (χ0v) is 32.8. The van der Waals surface area contributed by atoms with Crippen molar-refractivity contribution in [2.24, 2.45) is 5.41 Å². The molecule has 4 aromatic carbocycles. The predicted molar refractivity (Wildman–Crippen MR) is 215 cm³/mol. The van der Waals surface area contributed by atoms with Crippen LogP contribution in [0.4, 0.5) is 0 Å². The highest BCUT2D eigenvalue weighted by Gasteiger charge is 2.57. The van der Waals surface area contributed by atoms with Gasteiger partial charge in [-0.1, -0.05) is 67.1 Å². The molecule has 3 aliphatic rings. The van der Waals surface area contributed by atoms with Gasteiger partial charge in [0.25, 0.3) is 0 Å². The maximum absolute atomic E-state index is 14.5. The van der Waals surface area contributed by atoms with Gasteiger partial charge in [-0.15, -0.1) is 0 Å². The average Bonchev–Trinajstić information content (AvgIpc) is 3.45. The van der Waals surface area contributed by atoms with Crippen LogP contribution in [0.15, 0.2) is 103 Å². The molecule has 0 saturated heterocycles. The molecule has 1 fully saturated rings. The smallest absolute Gasteiger partial charge is 0.227 e. The summed E-state index contributed by atoms with van der Waals surface area (Å²) in [5.74, 6) is 1.42. The minimum Gasteiger partial charge on any atom is -0.497 e. The maximum Gasteiger partial charge on any atom is 0.227 e. The fourth-order valence-electron chi connectivity index (χ4n) is 8.72. The Morgan fingerprint density at radius 2 is 1.58 bits per heavy atom. The van der Waals surface area contributed by atoms with Crippen molar-refractivity contribution in [2.45, 2.75) is 89.4 Å². The molecule has 2 N–H and O–H groups in total. The van der Waals surface area contributed by atoms with Gasteiger partial charge in [0.1, 0.15) is 5.75 Å². The first-order valence-electron chi connectivity index (χ1n) is 19.4. The highest BCUT2D eigenvalue weighted by Crippen LogP contribution is 2.59. The number of methoxy groups -OCH3 is 3. The normalized spacial score (nSPS) is 22.6. The number of rotatable bonds is 11. The van der Waals surface area contributed by atoms with E-state index in [2.05, 4.69) is 19.9 Å². The maximum atomic E-state index is 14.5. The van der Waals surface area contributed by atoms with Crippen LogP contribution in [0.25, 0.3) is 0 Å². The quantitative estimate of drug-likeness (QED) is 0.118. The van der Waals surface area contributed by atoms with E-state index in [9.17, 15) is 19.8 Å². The second-order valence-electron chi connectivity index (χ2n) is 15.6. The summed E-state index contributed by atoms with van der Waals surface area (Å²) in [5.41, 5.74) is 3.91. The van der Waals surface area contributed by atoms with Gasteiger partial charge in [-0.25, -0.2) is 0 Å². The molecule has 7 rings (SSSR count). The number of carbonyl (C=O) groups is 2. The van der Waals surface area contributed by atoms with Crippen molar-refractivity contribution in [3.63, 3.8) is 0 Å². The summed E-state index contributed by atoms with van der Waals surface area (Å²) in [7, 11) is 4.76. The number of ether oxygens (including phenoxy) is 3. The van der Waals surface area contributed by atoms with Gasteiger partial charge < -0.3 is 29.3 Å². The van der Waals surface area contributed by atoms with Crippen LogP contribution >= 0.6 is 0 Å². The van der Waals surface area contributed by atoms with E-state index in [0.29, 0.717) is 67.0 Å². The van der Waals surface area contributed by atoms with Crippen LogP contribution in [-0.4, -0.2) is 66.4 Å². The molecular formula is C47H55NO7. The number of hydrogen-bond acceptors (Lipinski definition) is 7. The molecule has 0 aliphatic heterocycles. The number of amides is 1. The van der Waals surface area contributed by atoms with Gasteiger partial charge in [0, 0.05) is 23.1 Å². The number of aliphatic hydroxyl groups is 2. The number of aliphatic hydroxyl groups excluding tert-OH is 1. The molecule has 8 heteroatoms. The molecule has 1 amide bonds. The van der Waals surface area contributed by atoms with Gasteiger partial charge in [-0.3, -0.25) is 9.59 Å².